The third-order valence-electron chi connectivity index (χ3n) is 3.37. The molecule has 1 aromatic carbocycles. The van der Waals surface area contributed by atoms with Crippen LogP contribution in [0.5, 0.6) is 5.75 Å². The van der Waals surface area contributed by atoms with E-state index in [9.17, 15) is 0 Å². The molecule has 0 aliphatic carbocycles. The van der Waals surface area contributed by atoms with Gasteiger partial charge in [0.25, 0.3) is 0 Å². The van der Waals surface area contributed by atoms with Crippen molar-refractivity contribution in [1.29, 1.82) is 0 Å². The summed E-state index contributed by atoms with van der Waals surface area (Å²) in [6.45, 7) is 0.451. The highest BCUT2D eigenvalue weighted by molar-refractivity contribution is 5.92. The summed E-state index contributed by atoms with van der Waals surface area (Å²) in [5.41, 5.74) is 7.73. The monoisotopic (exact) mass is 322 g/mol. The maximum absolute atomic E-state index is 5.91. The van der Waals surface area contributed by atoms with E-state index < -0.39 is 0 Å². The highest BCUT2D eigenvalue weighted by atomic mass is 16.5. The van der Waals surface area contributed by atoms with Crippen LogP contribution in [0, 0.1) is 0 Å². The van der Waals surface area contributed by atoms with Crippen molar-refractivity contribution in [3.05, 3.63) is 66.9 Å². The lowest BCUT2D eigenvalue weighted by atomic mass is 10.3. The smallest absolute Gasteiger partial charge is 0.193 e. The highest BCUT2D eigenvalue weighted by Gasteiger charge is 1.99. The van der Waals surface area contributed by atoms with Gasteiger partial charge in [-0.3, -0.25) is 4.57 Å². The van der Waals surface area contributed by atoms with Gasteiger partial charge in [0.2, 0.25) is 0 Å². The average Bonchev–Trinajstić information content (AvgIpc) is 3.16. The Morgan fingerprint density at radius 3 is 2.71 bits per heavy atom. The number of pyridine rings is 1. The lowest BCUT2D eigenvalue weighted by Crippen LogP contribution is -2.22. The average molecular weight is 322 g/mol. The Hall–Kier alpha value is -3.35. The molecular formula is C17H18N6O. The maximum atomic E-state index is 5.91. The van der Waals surface area contributed by atoms with Gasteiger partial charge in [-0.05, 0) is 35.9 Å². The second-order valence-corrected chi connectivity index (χ2v) is 5.05. The molecule has 0 saturated heterocycles. The lowest BCUT2D eigenvalue weighted by molar-refractivity contribution is 0.415. The van der Waals surface area contributed by atoms with Crippen molar-refractivity contribution >= 4 is 11.6 Å². The summed E-state index contributed by atoms with van der Waals surface area (Å²) in [6.07, 6.45) is 7.04. The van der Waals surface area contributed by atoms with E-state index in [2.05, 4.69) is 20.3 Å². The van der Waals surface area contributed by atoms with E-state index in [0.29, 0.717) is 12.5 Å². The number of aliphatic imine (C=N–C) groups is 1. The maximum Gasteiger partial charge on any atom is 0.193 e. The summed E-state index contributed by atoms with van der Waals surface area (Å²) in [5, 5.41) is 3.04. The molecule has 3 N–H and O–H groups in total. The molecule has 0 spiro atoms. The zero-order valence-electron chi connectivity index (χ0n) is 13.3. The molecular weight excluding hydrogens is 304 g/mol. The Bertz CT molecular complexity index is 794. The van der Waals surface area contributed by atoms with E-state index in [1.165, 1.54) is 0 Å². The first-order chi connectivity index (χ1) is 11.7. The molecule has 2 heterocycles. The molecule has 7 heteroatoms. The molecule has 0 fully saturated rings. The molecule has 7 nitrogen and oxygen atoms in total. The van der Waals surface area contributed by atoms with Crippen LogP contribution in [-0.2, 0) is 6.54 Å². The molecule has 24 heavy (non-hydrogen) atoms. The molecule has 3 aromatic rings. The van der Waals surface area contributed by atoms with Crippen molar-refractivity contribution in [3.63, 3.8) is 0 Å². The number of nitrogens with zero attached hydrogens (tertiary/aromatic N) is 4. The largest absolute Gasteiger partial charge is 0.497 e. The molecule has 0 aliphatic heterocycles. The number of methoxy groups -OCH3 is 1. The van der Waals surface area contributed by atoms with Crippen molar-refractivity contribution in [2.45, 2.75) is 6.54 Å². The van der Waals surface area contributed by atoms with Gasteiger partial charge in [0.1, 0.15) is 17.9 Å². The minimum absolute atomic E-state index is 0.346. The quantitative estimate of drug-likeness (QED) is 0.555. The fourth-order valence-electron chi connectivity index (χ4n) is 2.10. The van der Waals surface area contributed by atoms with Crippen LogP contribution in [0.15, 0.2) is 66.3 Å². The van der Waals surface area contributed by atoms with Crippen molar-refractivity contribution < 1.29 is 4.74 Å². The van der Waals surface area contributed by atoms with E-state index in [-0.39, 0.29) is 0 Å². The van der Waals surface area contributed by atoms with Crippen molar-refractivity contribution in [1.82, 2.24) is 14.5 Å². The molecule has 0 amide bonds. The predicted molar refractivity (Wildman–Crippen MR) is 93.3 cm³/mol. The Morgan fingerprint density at radius 1 is 1.25 bits per heavy atom. The number of nitrogens with two attached hydrogens (primary N) is 1. The molecule has 0 aliphatic rings. The molecule has 3 rings (SSSR count). The van der Waals surface area contributed by atoms with Gasteiger partial charge in [0.05, 0.1) is 13.7 Å². The Kier molecular flexibility index (Phi) is 4.71. The van der Waals surface area contributed by atoms with Crippen LogP contribution in [0.1, 0.15) is 5.56 Å². The fourth-order valence-corrected chi connectivity index (χ4v) is 2.10. The summed E-state index contributed by atoms with van der Waals surface area (Å²) in [4.78, 5) is 12.7. The number of rotatable bonds is 5. The number of ether oxygens (including phenoxy) is 1. The summed E-state index contributed by atoms with van der Waals surface area (Å²) in [5.74, 6) is 1.95. The van der Waals surface area contributed by atoms with Gasteiger partial charge in [0.15, 0.2) is 5.96 Å². The van der Waals surface area contributed by atoms with Gasteiger partial charge in [-0.1, -0.05) is 6.07 Å². The summed E-state index contributed by atoms with van der Waals surface area (Å²) in [7, 11) is 1.63. The van der Waals surface area contributed by atoms with Gasteiger partial charge in [-0.2, -0.15) is 0 Å². The number of aromatic nitrogens is 3. The van der Waals surface area contributed by atoms with Gasteiger partial charge >= 0.3 is 0 Å². The Labute approximate surface area is 139 Å². The zero-order chi connectivity index (χ0) is 16.8. The first-order valence-corrected chi connectivity index (χ1v) is 7.39. The molecule has 0 unspecified atom stereocenters. The molecule has 0 atom stereocenters. The number of hydrogen-bond donors (Lipinski definition) is 2. The van der Waals surface area contributed by atoms with E-state index in [4.69, 9.17) is 10.5 Å². The molecule has 0 radical (unpaired) electrons. The van der Waals surface area contributed by atoms with Crippen LogP contribution in [-0.4, -0.2) is 27.6 Å². The zero-order valence-corrected chi connectivity index (χ0v) is 13.3. The normalized spacial score (nSPS) is 11.3. The first kappa shape index (κ1) is 15.5. The van der Waals surface area contributed by atoms with Crippen LogP contribution in [0.25, 0.3) is 5.82 Å². The highest BCUT2D eigenvalue weighted by Crippen LogP contribution is 2.14. The topological polar surface area (TPSA) is 90.3 Å². The standard InChI is InChI=1S/C17H18N6O/c1-24-15-5-3-14(4-6-15)22-17(18)21-11-13-2-7-16(20-10-13)23-9-8-19-12-23/h2-10,12H,11H2,1H3,(H3,18,21,22). The SMILES string of the molecule is COc1ccc(NC(N)=NCc2ccc(-n3ccnc3)nc2)cc1. The Morgan fingerprint density at radius 2 is 2.08 bits per heavy atom. The summed E-state index contributed by atoms with van der Waals surface area (Å²) in [6, 6.07) is 11.3. The molecule has 2 aromatic heterocycles. The number of nitrogens with one attached hydrogen (secondary N) is 1. The van der Waals surface area contributed by atoms with Crippen molar-refractivity contribution in [2.75, 3.05) is 12.4 Å². The van der Waals surface area contributed by atoms with E-state index in [1.54, 1.807) is 25.8 Å². The summed E-state index contributed by atoms with van der Waals surface area (Å²) < 4.78 is 6.95. The number of hydrogen-bond acceptors (Lipinski definition) is 4. The van der Waals surface area contributed by atoms with Crippen LogP contribution in [0.3, 0.4) is 0 Å². The predicted octanol–water partition coefficient (Wildman–Crippen LogP) is 2.20. The van der Waals surface area contributed by atoms with Gasteiger partial charge in [-0.15, -0.1) is 0 Å². The number of benzene rings is 1. The minimum atomic E-state index is 0.346. The van der Waals surface area contributed by atoms with Crippen LogP contribution >= 0.6 is 0 Å². The van der Waals surface area contributed by atoms with Crippen LogP contribution in [0.4, 0.5) is 5.69 Å². The van der Waals surface area contributed by atoms with Crippen molar-refractivity contribution in [2.24, 2.45) is 10.7 Å². The summed E-state index contributed by atoms with van der Waals surface area (Å²) >= 11 is 0. The van der Waals surface area contributed by atoms with Gasteiger partial charge in [-0.25, -0.2) is 15.0 Å². The van der Waals surface area contributed by atoms with E-state index in [1.807, 2.05) is 47.2 Å². The molecule has 0 saturated carbocycles. The van der Waals surface area contributed by atoms with Gasteiger partial charge < -0.3 is 15.8 Å². The van der Waals surface area contributed by atoms with Crippen LogP contribution < -0.4 is 15.8 Å². The van der Waals surface area contributed by atoms with Crippen LogP contribution in [0.2, 0.25) is 0 Å². The second-order valence-electron chi connectivity index (χ2n) is 5.05. The number of anilines is 1. The Balaban J connectivity index is 1.59. The molecule has 0 bridgehead atoms. The molecule has 122 valence electrons. The van der Waals surface area contributed by atoms with E-state index >= 15 is 0 Å². The second kappa shape index (κ2) is 7.28. The third kappa shape index (κ3) is 3.89. The first-order valence-electron chi connectivity index (χ1n) is 7.39. The van der Waals surface area contributed by atoms with Crippen molar-refractivity contribution in [3.8, 4) is 11.6 Å². The third-order valence-corrected chi connectivity index (χ3v) is 3.37. The lowest BCUT2D eigenvalue weighted by Gasteiger charge is -2.07. The fraction of sp³-hybridized carbons (Fsp3) is 0.118. The van der Waals surface area contributed by atoms with E-state index in [0.717, 1.165) is 22.8 Å². The number of guanidine groups is 1. The van der Waals surface area contributed by atoms with Gasteiger partial charge in [0, 0.05) is 24.3 Å². The minimum Gasteiger partial charge on any atom is -0.497 e. The number of imidazole rings is 1.